The van der Waals surface area contributed by atoms with Crippen LogP contribution in [0.25, 0.3) is 0 Å². The summed E-state index contributed by atoms with van der Waals surface area (Å²) in [4.78, 5) is 0.335. The average molecular weight is 336 g/mol. The normalized spacial score (nSPS) is 15.5. The Morgan fingerprint density at radius 2 is 1.86 bits per heavy atom. The van der Waals surface area contributed by atoms with Crippen LogP contribution in [0.5, 0.6) is 0 Å². The lowest BCUT2D eigenvalue weighted by Crippen LogP contribution is -2.27. The monoisotopic (exact) mass is 335 g/mol. The number of sulfonamides is 1. The summed E-state index contributed by atoms with van der Waals surface area (Å²) in [5.41, 5.74) is 3.26. The van der Waals surface area contributed by atoms with Gasteiger partial charge in [-0.15, -0.1) is 0 Å². The van der Waals surface area contributed by atoms with Crippen molar-refractivity contribution in [2.45, 2.75) is 37.1 Å². The molecule has 3 rings (SSSR count). The maximum atomic E-state index is 12.6. The van der Waals surface area contributed by atoms with Crippen LogP contribution in [0.3, 0.4) is 0 Å². The van der Waals surface area contributed by atoms with E-state index in [9.17, 15) is 8.42 Å². The Hall–Kier alpha value is -1.36. The lowest BCUT2D eigenvalue weighted by Gasteiger charge is -2.15. The van der Waals surface area contributed by atoms with E-state index < -0.39 is 10.0 Å². The van der Waals surface area contributed by atoms with Crippen LogP contribution in [-0.2, 0) is 22.9 Å². The van der Waals surface area contributed by atoms with Gasteiger partial charge >= 0.3 is 0 Å². The molecule has 0 amide bonds. The number of fused-ring (bicyclic) bond motifs is 1. The molecule has 1 atom stereocenters. The Morgan fingerprint density at radius 1 is 1.09 bits per heavy atom. The van der Waals surface area contributed by atoms with Crippen molar-refractivity contribution in [2.24, 2.45) is 0 Å². The van der Waals surface area contributed by atoms with Crippen LogP contribution < -0.4 is 4.72 Å². The fraction of sp³-hybridized carbons (Fsp3) is 0.294. The first-order chi connectivity index (χ1) is 10.5. The average Bonchev–Trinajstić information content (AvgIpc) is 2.94. The molecule has 1 aliphatic rings. The molecule has 2 aromatic carbocycles. The molecule has 116 valence electrons. The van der Waals surface area contributed by atoms with Gasteiger partial charge in [0.25, 0.3) is 0 Å². The standard InChI is InChI=1S/C17H18ClNO2S/c1-12(14-5-3-7-16(18)10-14)19-22(20,21)17-9-8-13-4-2-6-15(13)11-17/h3,5,7-12,19H,2,4,6H2,1H3. The Balaban J connectivity index is 1.84. The highest BCUT2D eigenvalue weighted by molar-refractivity contribution is 7.89. The molecule has 3 nitrogen and oxygen atoms in total. The van der Waals surface area contributed by atoms with Gasteiger partial charge in [0.2, 0.25) is 10.0 Å². The van der Waals surface area contributed by atoms with Gasteiger partial charge in [-0.25, -0.2) is 13.1 Å². The van der Waals surface area contributed by atoms with Crippen LogP contribution >= 0.6 is 11.6 Å². The molecule has 0 aliphatic heterocycles. The van der Waals surface area contributed by atoms with E-state index in [4.69, 9.17) is 11.6 Å². The second kappa shape index (κ2) is 6.03. The number of halogens is 1. The third-order valence-electron chi connectivity index (χ3n) is 4.06. The molecule has 1 unspecified atom stereocenters. The van der Waals surface area contributed by atoms with E-state index in [2.05, 4.69) is 4.72 Å². The molecule has 0 fully saturated rings. The zero-order valence-corrected chi connectivity index (χ0v) is 13.9. The summed E-state index contributed by atoms with van der Waals surface area (Å²) in [6.07, 6.45) is 3.11. The summed E-state index contributed by atoms with van der Waals surface area (Å²) in [6, 6.07) is 12.3. The number of hydrogen-bond donors (Lipinski definition) is 1. The van der Waals surface area contributed by atoms with E-state index >= 15 is 0 Å². The van der Waals surface area contributed by atoms with Gasteiger partial charge in [-0.2, -0.15) is 0 Å². The zero-order chi connectivity index (χ0) is 15.7. The van der Waals surface area contributed by atoms with Gasteiger partial charge in [-0.05, 0) is 67.1 Å². The van der Waals surface area contributed by atoms with E-state index in [0.29, 0.717) is 9.92 Å². The SMILES string of the molecule is CC(NS(=O)(=O)c1ccc2c(c1)CCC2)c1cccc(Cl)c1. The third-order valence-corrected chi connectivity index (χ3v) is 5.83. The first kappa shape index (κ1) is 15.5. The van der Waals surface area contributed by atoms with Gasteiger partial charge in [-0.3, -0.25) is 0 Å². The van der Waals surface area contributed by atoms with Crippen molar-refractivity contribution < 1.29 is 8.42 Å². The van der Waals surface area contributed by atoms with Crippen LogP contribution in [0.15, 0.2) is 47.4 Å². The van der Waals surface area contributed by atoms with Gasteiger partial charge in [0.15, 0.2) is 0 Å². The van der Waals surface area contributed by atoms with Gasteiger partial charge < -0.3 is 0 Å². The van der Waals surface area contributed by atoms with Gasteiger partial charge in [0.05, 0.1) is 4.90 Å². The zero-order valence-electron chi connectivity index (χ0n) is 12.3. The lowest BCUT2D eigenvalue weighted by molar-refractivity contribution is 0.567. The Labute approximate surface area is 136 Å². The van der Waals surface area contributed by atoms with Crippen molar-refractivity contribution in [3.8, 4) is 0 Å². The van der Waals surface area contributed by atoms with Crippen LogP contribution in [0.2, 0.25) is 5.02 Å². The predicted molar refractivity (Wildman–Crippen MR) is 88.7 cm³/mol. The molecule has 1 aliphatic carbocycles. The molecule has 0 radical (unpaired) electrons. The maximum absolute atomic E-state index is 12.6. The van der Waals surface area contributed by atoms with E-state index in [1.807, 2.05) is 25.1 Å². The van der Waals surface area contributed by atoms with Crippen molar-refractivity contribution in [3.05, 3.63) is 64.2 Å². The number of nitrogens with one attached hydrogen (secondary N) is 1. The third kappa shape index (κ3) is 3.19. The van der Waals surface area contributed by atoms with Crippen molar-refractivity contribution in [1.29, 1.82) is 0 Å². The Bertz CT molecular complexity index is 802. The number of hydrogen-bond acceptors (Lipinski definition) is 2. The molecule has 0 saturated carbocycles. The largest absolute Gasteiger partial charge is 0.241 e. The fourth-order valence-corrected chi connectivity index (χ4v) is 4.34. The molecule has 0 bridgehead atoms. The van der Waals surface area contributed by atoms with Gasteiger partial charge in [-0.1, -0.05) is 29.8 Å². The fourth-order valence-electron chi connectivity index (χ4n) is 2.86. The van der Waals surface area contributed by atoms with Crippen molar-refractivity contribution >= 4 is 21.6 Å². The molecular formula is C17H18ClNO2S. The number of benzene rings is 2. The quantitative estimate of drug-likeness (QED) is 0.922. The minimum absolute atomic E-state index is 0.335. The molecule has 2 aromatic rings. The highest BCUT2D eigenvalue weighted by atomic mass is 35.5. The summed E-state index contributed by atoms with van der Waals surface area (Å²) < 4.78 is 27.8. The lowest BCUT2D eigenvalue weighted by atomic mass is 10.1. The van der Waals surface area contributed by atoms with Crippen LogP contribution in [0.4, 0.5) is 0 Å². The molecule has 0 saturated heterocycles. The highest BCUT2D eigenvalue weighted by Gasteiger charge is 2.21. The van der Waals surface area contributed by atoms with E-state index in [0.717, 1.165) is 30.4 Å². The summed E-state index contributed by atoms with van der Waals surface area (Å²) >= 11 is 5.96. The molecule has 0 spiro atoms. The number of aryl methyl sites for hydroxylation is 2. The van der Waals surface area contributed by atoms with E-state index in [1.165, 1.54) is 5.56 Å². The van der Waals surface area contributed by atoms with Crippen LogP contribution in [0.1, 0.15) is 36.1 Å². The highest BCUT2D eigenvalue weighted by Crippen LogP contribution is 2.26. The first-order valence-electron chi connectivity index (χ1n) is 7.35. The van der Waals surface area contributed by atoms with Crippen LogP contribution in [-0.4, -0.2) is 8.42 Å². The van der Waals surface area contributed by atoms with Crippen molar-refractivity contribution in [1.82, 2.24) is 4.72 Å². The molecule has 22 heavy (non-hydrogen) atoms. The minimum Gasteiger partial charge on any atom is -0.207 e. The summed E-state index contributed by atoms with van der Waals surface area (Å²) in [7, 11) is -3.54. The van der Waals surface area contributed by atoms with E-state index in [-0.39, 0.29) is 6.04 Å². The first-order valence-corrected chi connectivity index (χ1v) is 9.21. The van der Waals surface area contributed by atoms with Crippen molar-refractivity contribution in [2.75, 3.05) is 0 Å². The molecule has 1 N–H and O–H groups in total. The number of rotatable bonds is 4. The van der Waals surface area contributed by atoms with Crippen LogP contribution in [0, 0.1) is 0 Å². The molecular weight excluding hydrogens is 318 g/mol. The smallest absolute Gasteiger partial charge is 0.207 e. The second-order valence-electron chi connectivity index (χ2n) is 5.68. The Kier molecular flexibility index (Phi) is 4.26. The van der Waals surface area contributed by atoms with Gasteiger partial charge in [0, 0.05) is 11.1 Å². The predicted octanol–water partition coefficient (Wildman–Crippen LogP) is 3.87. The van der Waals surface area contributed by atoms with Crippen molar-refractivity contribution in [3.63, 3.8) is 0 Å². The molecule has 5 heteroatoms. The Morgan fingerprint density at radius 3 is 2.64 bits per heavy atom. The summed E-state index contributed by atoms with van der Waals surface area (Å²) in [5, 5.41) is 0.598. The minimum atomic E-state index is -3.54. The molecule has 0 aromatic heterocycles. The van der Waals surface area contributed by atoms with E-state index in [1.54, 1.807) is 24.3 Å². The maximum Gasteiger partial charge on any atom is 0.241 e. The second-order valence-corrected chi connectivity index (χ2v) is 7.83. The summed E-state index contributed by atoms with van der Waals surface area (Å²) in [5.74, 6) is 0. The summed E-state index contributed by atoms with van der Waals surface area (Å²) in [6.45, 7) is 1.82. The molecule has 0 heterocycles. The van der Waals surface area contributed by atoms with Gasteiger partial charge in [0.1, 0.15) is 0 Å². The topological polar surface area (TPSA) is 46.2 Å².